The highest BCUT2D eigenvalue weighted by Gasteiger charge is 2.46. The third kappa shape index (κ3) is 4.30. The van der Waals surface area contributed by atoms with Crippen molar-refractivity contribution in [2.45, 2.75) is 17.5 Å². The molecule has 4 rings (SSSR count). The monoisotopic (exact) mass is 497 g/mol. The quantitative estimate of drug-likeness (QED) is 0.505. The van der Waals surface area contributed by atoms with E-state index < -0.39 is 38.4 Å². The van der Waals surface area contributed by atoms with Gasteiger partial charge in [-0.3, -0.25) is 4.79 Å². The third-order valence-electron chi connectivity index (χ3n) is 5.51. The smallest absolute Gasteiger partial charge is 0.337 e. The zero-order valence-corrected chi connectivity index (χ0v) is 19.6. The van der Waals surface area contributed by atoms with Gasteiger partial charge in [-0.15, -0.1) is 0 Å². The Hall–Kier alpha value is -3.62. The van der Waals surface area contributed by atoms with Gasteiger partial charge in [0, 0.05) is 11.6 Å². The number of halogens is 1. The van der Waals surface area contributed by atoms with Crippen LogP contribution >= 0.6 is 11.6 Å². The van der Waals surface area contributed by atoms with Gasteiger partial charge in [0.25, 0.3) is 5.91 Å². The lowest BCUT2D eigenvalue weighted by Crippen LogP contribution is -2.30. The molecule has 0 aliphatic carbocycles. The molecule has 1 N–H and O–H groups in total. The number of methoxy groups -OCH3 is 1. The highest BCUT2D eigenvalue weighted by molar-refractivity contribution is 7.95. The molecule has 9 heteroatoms. The van der Waals surface area contributed by atoms with E-state index in [1.54, 1.807) is 42.5 Å². The molecule has 1 unspecified atom stereocenters. The Balaban J connectivity index is 1.84. The number of nitrogens with zero attached hydrogens (tertiary/aromatic N) is 1. The van der Waals surface area contributed by atoms with Gasteiger partial charge in [0.1, 0.15) is 4.91 Å². The Bertz CT molecular complexity index is 1370. The van der Waals surface area contributed by atoms with Crippen molar-refractivity contribution in [3.63, 3.8) is 0 Å². The molecule has 174 valence electrons. The summed E-state index contributed by atoms with van der Waals surface area (Å²) in [6.07, 6.45) is 0. The molecule has 0 fully saturated rings. The molecule has 0 aromatic heterocycles. The number of amides is 1. The number of rotatable bonds is 6. The van der Waals surface area contributed by atoms with E-state index in [1.807, 2.05) is 0 Å². The number of aliphatic hydroxyl groups is 1. The number of hydrogen-bond acceptors (Lipinski definition) is 6. The summed E-state index contributed by atoms with van der Waals surface area (Å²) < 4.78 is 31.8. The lowest BCUT2D eigenvalue weighted by Gasteiger charge is -2.27. The van der Waals surface area contributed by atoms with E-state index in [0.29, 0.717) is 16.1 Å². The average molecular weight is 498 g/mol. The van der Waals surface area contributed by atoms with E-state index in [-0.39, 0.29) is 17.0 Å². The van der Waals surface area contributed by atoms with Crippen LogP contribution in [-0.4, -0.2) is 37.4 Å². The van der Waals surface area contributed by atoms with Crippen LogP contribution in [0.5, 0.6) is 0 Å². The summed E-state index contributed by atoms with van der Waals surface area (Å²) in [5.41, 5.74) is 1.37. The number of esters is 1. The van der Waals surface area contributed by atoms with E-state index in [1.165, 1.54) is 48.4 Å². The molecule has 1 aliphatic heterocycles. The molecule has 34 heavy (non-hydrogen) atoms. The predicted octanol–water partition coefficient (Wildman–Crippen LogP) is 4.45. The van der Waals surface area contributed by atoms with Gasteiger partial charge in [0.15, 0.2) is 5.76 Å². The molecule has 1 atom stereocenters. The van der Waals surface area contributed by atoms with Crippen molar-refractivity contribution in [2.24, 2.45) is 0 Å². The standard InChI is InChI=1S/C25H20ClNO6S/c1-33-25(30)18-11-9-17(10-12-18)21-23(34(31,32)20-5-3-2-4-6-20)22(28)24(29)27(21)15-16-7-13-19(26)14-8-16/h2-14,21,28H,15H2,1H3. The van der Waals surface area contributed by atoms with Gasteiger partial charge in [0.05, 0.1) is 23.6 Å². The maximum Gasteiger partial charge on any atom is 0.337 e. The van der Waals surface area contributed by atoms with Crippen molar-refractivity contribution in [2.75, 3.05) is 7.11 Å². The van der Waals surface area contributed by atoms with E-state index in [9.17, 15) is 23.1 Å². The van der Waals surface area contributed by atoms with Crippen molar-refractivity contribution >= 4 is 33.3 Å². The minimum atomic E-state index is -4.23. The molecule has 3 aromatic carbocycles. The van der Waals surface area contributed by atoms with Gasteiger partial charge in [-0.05, 0) is 47.5 Å². The Kier molecular flexibility index (Phi) is 6.45. The minimum absolute atomic E-state index is 0.0251. The molecule has 1 heterocycles. The van der Waals surface area contributed by atoms with Gasteiger partial charge in [-0.2, -0.15) is 0 Å². The van der Waals surface area contributed by atoms with E-state index in [2.05, 4.69) is 0 Å². The topological polar surface area (TPSA) is 101 Å². The van der Waals surface area contributed by atoms with Gasteiger partial charge >= 0.3 is 5.97 Å². The second-order valence-electron chi connectivity index (χ2n) is 7.60. The predicted molar refractivity (Wildman–Crippen MR) is 126 cm³/mol. The number of benzene rings is 3. The Labute approximate surface area is 201 Å². The van der Waals surface area contributed by atoms with E-state index in [0.717, 1.165) is 0 Å². The van der Waals surface area contributed by atoms with Crippen LogP contribution in [0.25, 0.3) is 0 Å². The van der Waals surface area contributed by atoms with Crippen LogP contribution in [0.1, 0.15) is 27.5 Å². The maximum atomic E-state index is 13.5. The lowest BCUT2D eigenvalue weighted by molar-refractivity contribution is -0.130. The van der Waals surface area contributed by atoms with Crippen LogP contribution in [0.3, 0.4) is 0 Å². The molecule has 0 radical (unpaired) electrons. The molecule has 7 nitrogen and oxygen atoms in total. The molecule has 3 aromatic rings. The Morgan fingerprint density at radius 1 is 1.00 bits per heavy atom. The molecular weight excluding hydrogens is 478 g/mol. The van der Waals surface area contributed by atoms with Gasteiger partial charge in [-0.25, -0.2) is 13.2 Å². The normalized spacial score (nSPS) is 16.1. The van der Waals surface area contributed by atoms with Crippen LogP contribution in [-0.2, 0) is 25.9 Å². The number of carbonyl (C=O) groups is 2. The van der Waals surface area contributed by atoms with Crippen molar-refractivity contribution in [1.29, 1.82) is 0 Å². The first-order valence-corrected chi connectivity index (χ1v) is 12.1. The number of aliphatic hydroxyl groups excluding tert-OH is 1. The van der Waals surface area contributed by atoms with E-state index >= 15 is 0 Å². The summed E-state index contributed by atoms with van der Waals surface area (Å²) in [7, 11) is -2.97. The second-order valence-corrected chi connectivity index (χ2v) is 9.96. The number of carbonyl (C=O) groups excluding carboxylic acids is 2. The average Bonchev–Trinajstić information content (AvgIpc) is 3.11. The van der Waals surface area contributed by atoms with Gasteiger partial charge < -0.3 is 14.7 Å². The minimum Gasteiger partial charge on any atom is -0.502 e. The fraction of sp³-hybridized carbons (Fsp3) is 0.120. The molecule has 0 saturated heterocycles. The molecular formula is C25H20ClNO6S. The van der Waals surface area contributed by atoms with Crippen molar-refractivity contribution in [3.8, 4) is 0 Å². The van der Waals surface area contributed by atoms with Crippen molar-refractivity contribution in [1.82, 2.24) is 4.90 Å². The summed E-state index contributed by atoms with van der Waals surface area (Å²) in [5.74, 6) is -2.20. The molecule has 1 aliphatic rings. The maximum absolute atomic E-state index is 13.5. The molecule has 0 saturated carbocycles. The first-order chi connectivity index (χ1) is 16.2. The van der Waals surface area contributed by atoms with Crippen LogP contribution in [0.15, 0.2) is 94.4 Å². The highest BCUT2D eigenvalue weighted by Crippen LogP contribution is 2.43. The Morgan fingerprint density at radius 2 is 1.62 bits per heavy atom. The fourth-order valence-electron chi connectivity index (χ4n) is 3.83. The summed E-state index contributed by atoms with van der Waals surface area (Å²) >= 11 is 5.96. The number of sulfone groups is 1. The molecule has 0 bridgehead atoms. The van der Waals surface area contributed by atoms with E-state index in [4.69, 9.17) is 16.3 Å². The van der Waals surface area contributed by atoms with Gasteiger partial charge in [-0.1, -0.05) is 54.1 Å². The zero-order valence-electron chi connectivity index (χ0n) is 18.0. The highest BCUT2D eigenvalue weighted by atomic mass is 35.5. The van der Waals surface area contributed by atoms with Crippen LogP contribution in [0.4, 0.5) is 0 Å². The molecule has 1 amide bonds. The largest absolute Gasteiger partial charge is 0.502 e. The number of hydrogen-bond donors (Lipinski definition) is 1. The first kappa shape index (κ1) is 23.5. The summed E-state index contributed by atoms with van der Waals surface area (Å²) in [4.78, 5) is 25.8. The zero-order chi connectivity index (χ0) is 24.5. The number of ether oxygens (including phenoxy) is 1. The SMILES string of the molecule is COC(=O)c1ccc(C2C(S(=O)(=O)c3ccccc3)=C(O)C(=O)N2Cc2ccc(Cl)cc2)cc1. The van der Waals surface area contributed by atoms with Crippen molar-refractivity contribution < 1.29 is 27.9 Å². The summed E-state index contributed by atoms with van der Waals surface area (Å²) in [5, 5.41) is 11.3. The molecule has 0 spiro atoms. The Morgan fingerprint density at radius 3 is 2.21 bits per heavy atom. The first-order valence-electron chi connectivity index (χ1n) is 10.2. The fourth-order valence-corrected chi connectivity index (χ4v) is 5.63. The van der Waals surface area contributed by atoms with Crippen molar-refractivity contribution in [3.05, 3.63) is 111 Å². The summed E-state index contributed by atoms with van der Waals surface area (Å²) in [6, 6.07) is 19.3. The lowest BCUT2D eigenvalue weighted by atomic mass is 10.0. The van der Waals surface area contributed by atoms with Crippen LogP contribution in [0, 0.1) is 0 Å². The summed E-state index contributed by atoms with van der Waals surface area (Å²) in [6.45, 7) is 0.0251. The van der Waals surface area contributed by atoms with Crippen LogP contribution < -0.4 is 0 Å². The van der Waals surface area contributed by atoms with Gasteiger partial charge in [0.2, 0.25) is 9.84 Å². The third-order valence-corrected chi connectivity index (χ3v) is 7.65. The van der Waals surface area contributed by atoms with Crippen LogP contribution in [0.2, 0.25) is 5.02 Å². The second kappa shape index (κ2) is 9.32.